The highest BCUT2D eigenvalue weighted by molar-refractivity contribution is 5.94. The van der Waals surface area contributed by atoms with Gasteiger partial charge in [0.1, 0.15) is 17.1 Å². The van der Waals surface area contributed by atoms with Crippen LogP contribution in [-0.2, 0) is 22.4 Å². The summed E-state index contributed by atoms with van der Waals surface area (Å²) < 4.78 is 11.7. The number of amides is 2. The standard InChI is InChI=1S/C32H36N6O4/c1-19-13-35-29-25(19)12-23(14-36-29)22-10-21-6-7-37(30(39)24-15-33-20(2)34-16-24)17-27(21)26(11-22)28-18-41-9-8-38(28)31(40)42-32(3,4)5/h10-16,28H,6-9,17-18H2,1-5H3,(H,35,36)/t28-/m0/s1. The van der Waals surface area contributed by atoms with Crippen LogP contribution < -0.4 is 0 Å². The Balaban J connectivity index is 1.43. The van der Waals surface area contributed by atoms with E-state index in [1.54, 1.807) is 24.2 Å². The molecule has 2 aliphatic rings. The van der Waals surface area contributed by atoms with Gasteiger partial charge >= 0.3 is 6.09 Å². The number of fused-ring (bicyclic) bond motifs is 2. The fraction of sp³-hybridized carbons (Fsp3) is 0.406. The Kier molecular flexibility index (Phi) is 7.18. The first-order valence-electron chi connectivity index (χ1n) is 14.3. The van der Waals surface area contributed by atoms with E-state index in [-0.39, 0.29) is 18.0 Å². The van der Waals surface area contributed by atoms with Crippen molar-refractivity contribution in [1.82, 2.24) is 29.7 Å². The average molecular weight is 569 g/mol. The van der Waals surface area contributed by atoms with Crippen molar-refractivity contribution in [3.05, 3.63) is 76.6 Å². The van der Waals surface area contributed by atoms with Gasteiger partial charge in [0, 0.05) is 55.4 Å². The van der Waals surface area contributed by atoms with Gasteiger partial charge < -0.3 is 19.4 Å². The minimum Gasteiger partial charge on any atom is -0.444 e. The van der Waals surface area contributed by atoms with E-state index in [0.29, 0.717) is 50.7 Å². The first-order chi connectivity index (χ1) is 20.1. The SMILES string of the molecule is Cc1ncc(C(=O)N2CCc3cc(-c4cnc5[nH]cc(C)c5c4)cc([C@@H]4COCCN4C(=O)OC(C)(C)C)c3C2)cn1. The zero-order valence-corrected chi connectivity index (χ0v) is 24.7. The van der Waals surface area contributed by atoms with Crippen molar-refractivity contribution in [2.45, 2.75) is 59.2 Å². The maximum Gasteiger partial charge on any atom is 0.410 e. The molecule has 42 heavy (non-hydrogen) atoms. The van der Waals surface area contributed by atoms with E-state index in [2.05, 4.69) is 45.1 Å². The summed E-state index contributed by atoms with van der Waals surface area (Å²) in [5.41, 5.74) is 6.94. The topological polar surface area (TPSA) is 114 Å². The number of morpholine rings is 1. The predicted octanol–water partition coefficient (Wildman–Crippen LogP) is 5.14. The second kappa shape index (κ2) is 10.8. The first kappa shape index (κ1) is 27.8. The van der Waals surface area contributed by atoms with Crippen molar-refractivity contribution >= 4 is 23.0 Å². The summed E-state index contributed by atoms with van der Waals surface area (Å²) in [7, 11) is 0. The lowest BCUT2D eigenvalue weighted by molar-refractivity contribution is -0.0334. The molecule has 5 heterocycles. The van der Waals surface area contributed by atoms with E-state index < -0.39 is 5.60 Å². The Morgan fingerprint density at radius 3 is 2.57 bits per heavy atom. The normalized spacial score (nSPS) is 17.3. The summed E-state index contributed by atoms with van der Waals surface area (Å²) in [5, 5.41) is 1.07. The molecular formula is C32H36N6O4. The summed E-state index contributed by atoms with van der Waals surface area (Å²) in [5.74, 6) is 0.504. The molecule has 2 aliphatic heterocycles. The van der Waals surface area contributed by atoms with Gasteiger partial charge in [0.2, 0.25) is 0 Å². The van der Waals surface area contributed by atoms with Crippen molar-refractivity contribution in [3.8, 4) is 11.1 Å². The van der Waals surface area contributed by atoms with Crippen LogP contribution >= 0.6 is 0 Å². The average Bonchev–Trinajstić information content (AvgIpc) is 3.35. The van der Waals surface area contributed by atoms with Gasteiger partial charge in [-0.1, -0.05) is 6.07 Å². The van der Waals surface area contributed by atoms with Crippen LogP contribution in [0.15, 0.2) is 43.0 Å². The van der Waals surface area contributed by atoms with Crippen LogP contribution in [0.1, 0.15) is 65.2 Å². The van der Waals surface area contributed by atoms with E-state index in [0.717, 1.165) is 44.4 Å². The number of hydrogen-bond donors (Lipinski definition) is 1. The summed E-state index contributed by atoms with van der Waals surface area (Å²) in [6, 6.07) is 6.11. The van der Waals surface area contributed by atoms with Crippen molar-refractivity contribution in [1.29, 1.82) is 0 Å². The molecule has 0 spiro atoms. The van der Waals surface area contributed by atoms with E-state index >= 15 is 0 Å². The highest BCUT2D eigenvalue weighted by Gasteiger charge is 2.36. The smallest absolute Gasteiger partial charge is 0.410 e. The number of carbonyl (C=O) groups is 2. The van der Waals surface area contributed by atoms with Gasteiger partial charge in [-0.05, 0) is 81.0 Å². The van der Waals surface area contributed by atoms with Crippen LogP contribution in [0.4, 0.5) is 4.79 Å². The molecule has 0 unspecified atom stereocenters. The van der Waals surface area contributed by atoms with Gasteiger partial charge in [0.25, 0.3) is 5.91 Å². The molecule has 1 fully saturated rings. The quantitative estimate of drug-likeness (QED) is 0.364. The number of benzene rings is 1. The zero-order chi connectivity index (χ0) is 29.6. The second-order valence-electron chi connectivity index (χ2n) is 12.1. The molecule has 0 bridgehead atoms. The monoisotopic (exact) mass is 568 g/mol. The highest BCUT2D eigenvalue weighted by Crippen LogP contribution is 2.37. The molecule has 10 heteroatoms. The Labute approximate surface area is 245 Å². The molecule has 0 saturated carbocycles. The van der Waals surface area contributed by atoms with Gasteiger partial charge in [-0.15, -0.1) is 0 Å². The van der Waals surface area contributed by atoms with Crippen molar-refractivity contribution in [2.24, 2.45) is 0 Å². The van der Waals surface area contributed by atoms with Crippen LogP contribution in [0, 0.1) is 13.8 Å². The molecule has 1 saturated heterocycles. The number of aromatic amines is 1. The number of ether oxygens (including phenoxy) is 2. The third kappa shape index (κ3) is 5.46. The van der Waals surface area contributed by atoms with Crippen molar-refractivity contribution < 1.29 is 19.1 Å². The first-order valence-corrected chi connectivity index (χ1v) is 14.3. The number of nitrogens with zero attached hydrogens (tertiary/aromatic N) is 5. The highest BCUT2D eigenvalue weighted by atomic mass is 16.6. The lowest BCUT2D eigenvalue weighted by Gasteiger charge is -2.39. The van der Waals surface area contributed by atoms with Crippen LogP contribution in [0.25, 0.3) is 22.2 Å². The number of H-pyrrole nitrogens is 1. The summed E-state index contributed by atoms with van der Waals surface area (Å²) in [6.07, 6.45) is 7.30. The number of hydrogen-bond acceptors (Lipinski definition) is 7. The Hall–Kier alpha value is -4.31. The van der Waals surface area contributed by atoms with E-state index in [4.69, 9.17) is 9.47 Å². The van der Waals surface area contributed by atoms with Crippen LogP contribution in [0.5, 0.6) is 0 Å². The largest absolute Gasteiger partial charge is 0.444 e. The maximum atomic E-state index is 13.5. The number of aryl methyl sites for hydroxylation is 2. The second-order valence-corrected chi connectivity index (χ2v) is 12.1. The molecule has 6 rings (SSSR count). The molecule has 1 aromatic carbocycles. The molecule has 218 valence electrons. The lowest BCUT2D eigenvalue weighted by Crippen LogP contribution is -2.46. The fourth-order valence-electron chi connectivity index (χ4n) is 5.71. The van der Waals surface area contributed by atoms with Gasteiger partial charge in [0.05, 0.1) is 24.8 Å². The minimum atomic E-state index is -0.629. The summed E-state index contributed by atoms with van der Waals surface area (Å²) >= 11 is 0. The van der Waals surface area contributed by atoms with E-state index in [1.165, 1.54) is 0 Å². The van der Waals surface area contributed by atoms with E-state index in [1.807, 2.05) is 38.1 Å². The molecule has 4 aromatic rings. The molecular weight excluding hydrogens is 532 g/mol. The van der Waals surface area contributed by atoms with Gasteiger partial charge in [0.15, 0.2) is 0 Å². The molecule has 3 aromatic heterocycles. The number of carbonyl (C=O) groups excluding carboxylic acids is 2. The lowest BCUT2D eigenvalue weighted by atomic mass is 9.86. The maximum absolute atomic E-state index is 13.5. The molecule has 0 radical (unpaired) electrons. The van der Waals surface area contributed by atoms with Crippen molar-refractivity contribution in [3.63, 3.8) is 0 Å². The third-order valence-corrected chi connectivity index (χ3v) is 7.88. The minimum absolute atomic E-state index is 0.114. The zero-order valence-electron chi connectivity index (χ0n) is 24.7. The van der Waals surface area contributed by atoms with Crippen LogP contribution in [0.3, 0.4) is 0 Å². The Bertz CT molecular complexity index is 1660. The van der Waals surface area contributed by atoms with Crippen LogP contribution in [-0.4, -0.2) is 73.6 Å². The van der Waals surface area contributed by atoms with Gasteiger partial charge in [-0.2, -0.15) is 0 Å². The van der Waals surface area contributed by atoms with E-state index in [9.17, 15) is 9.59 Å². The number of aromatic nitrogens is 4. The fourth-order valence-corrected chi connectivity index (χ4v) is 5.71. The van der Waals surface area contributed by atoms with Crippen LogP contribution in [0.2, 0.25) is 0 Å². The van der Waals surface area contributed by atoms with Gasteiger partial charge in [-0.25, -0.2) is 19.7 Å². The third-order valence-electron chi connectivity index (χ3n) is 7.88. The number of pyridine rings is 1. The number of nitrogens with one attached hydrogen (secondary N) is 1. The van der Waals surface area contributed by atoms with Crippen molar-refractivity contribution in [2.75, 3.05) is 26.3 Å². The number of rotatable bonds is 3. The Morgan fingerprint density at radius 2 is 1.81 bits per heavy atom. The van der Waals surface area contributed by atoms with Gasteiger partial charge in [-0.3, -0.25) is 9.69 Å². The molecule has 1 atom stereocenters. The molecule has 2 amide bonds. The predicted molar refractivity (Wildman–Crippen MR) is 158 cm³/mol. The molecule has 10 nitrogen and oxygen atoms in total. The summed E-state index contributed by atoms with van der Waals surface area (Å²) in [6.45, 7) is 11.6. The molecule has 1 N–H and O–H groups in total. The molecule has 0 aliphatic carbocycles. The summed E-state index contributed by atoms with van der Waals surface area (Å²) in [4.78, 5) is 46.8. The Morgan fingerprint density at radius 1 is 1.02 bits per heavy atom.